The molecule has 8 aromatic carbocycles. The van der Waals surface area contributed by atoms with Crippen LogP contribution in [-0.2, 0) is 26.2 Å². The predicted molar refractivity (Wildman–Crippen MR) is 365 cm³/mol. The van der Waals surface area contributed by atoms with Gasteiger partial charge in [0.15, 0.2) is 23.3 Å². The fourth-order valence-electron chi connectivity index (χ4n) is 10.5. The molecule has 0 saturated carbocycles. The number of nitrogens with two attached hydrogens (primary N) is 1. The van der Waals surface area contributed by atoms with E-state index in [1.807, 2.05) is 116 Å². The average molecular weight is 1250 g/mol. The highest BCUT2D eigenvalue weighted by atomic mass is 16.5. The van der Waals surface area contributed by atoms with Gasteiger partial charge in [0.1, 0.15) is 18.1 Å². The molecular formula is C74H66N14O6. The SMILES string of the molecule is Cc1ccc(Cn2nc(N)c3ccccc32)cc1.Cc1ccc(Cn2nc(NC(=O)c3ccno3)c3ccccc32)cc1.Cc1ccc(Cn2nc(NC(=O)c3ccoc3)c3ccccc32)cc1.Cc1ccc(Cn2nc(NC(=O)c3conc3C)c3ccccc32)cc1. The maximum atomic E-state index is 12.5. The van der Waals surface area contributed by atoms with Crippen molar-refractivity contribution < 1.29 is 27.8 Å². The summed E-state index contributed by atoms with van der Waals surface area (Å²) in [4.78, 5) is 37.0. The normalized spacial score (nSPS) is 10.9. The molecule has 0 aliphatic heterocycles. The van der Waals surface area contributed by atoms with Crippen LogP contribution in [-0.4, -0.2) is 67.2 Å². The summed E-state index contributed by atoms with van der Waals surface area (Å²) in [6.45, 7) is 12.6. The lowest BCUT2D eigenvalue weighted by molar-refractivity contribution is 0.0985. The van der Waals surface area contributed by atoms with Gasteiger partial charge in [-0.2, -0.15) is 20.4 Å². The Balaban J connectivity index is 0.000000121. The third kappa shape index (κ3) is 14.6. The highest BCUT2D eigenvalue weighted by Crippen LogP contribution is 2.28. The molecule has 0 bridgehead atoms. The van der Waals surface area contributed by atoms with E-state index < -0.39 is 0 Å². The number of para-hydroxylation sites is 4. The fourth-order valence-corrected chi connectivity index (χ4v) is 10.5. The quantitative estimate of drug-likeness (QED) is 0.0792. The summed E-state index contributed by atoms with van der Waals surface area (Å²) in [5, 5.41) is 37.8. The lowest BCUT2D eigenvalue weighted by atomic mass is 10.1. The third-order valence-electron chi connectivity index (χ3n) is 15.6. The zero-order valence-electron chi connectivity index (χ0n) is 52.3. The van der Waals surface area contributed by atoms with Gasteiger partial charge in [-0.15, -0.1) is 0 Å². The van der Waals surface area contributed by atoms with E-state index >= 15 is 0 Å². The fraction of sp³-hybridized carbons (Fsp3) is 0.122. The molecule has 0 atom stereocenters. The second kappa shape index (κ2) is 28.2. The van der Waals surface area contributed by atoms with Crippen LogP contribution in [0.3, 0.4) is 0 Å². The van der Waals surface area contributed by atoms with Crippen LogP contribution in [0.15, 0.2) is 245 Å². The number of rotatable bonds is 14. The molecule has 7 heterocycles. The molecule has 15 rings (SSSR count). The molecule has 0 aliphatic carbocycles. The Bertz CT molecular complexity index is 4890. The molecule has 20 heteroatoms. The summed E-state index contributed by atoms with van der Waals surface area (Å²) in [5.41, 5.74) is 20.9. The number of amides is 3. The van der Waals surface area contributed by atoms with Gasteiger partial charge < -0.3 is 35.1 Å². The Hall–Kier alpha value is -12.5. The number of aryl methyl sites for hydroxylation is 5. The lowest BCUT2D eigenvalue weighted by Crippen LogP contribution is -2.13. The number of anilines is 4. The van der Waals surface area contributed by atoms with Crippen molar-refractivity contribution >= 4 is 84.6 Å². The Morgan fingerprint density at radius 1 is 0.415 bits per heavy atom. The number of nitrogens with one attached hydrogen (secondary N) is 3. The van der Waals surface area contributed by atoms with E-state index in [1.165, 1.54) is 58.9 Å². The first-order chi connectivity index (χ1) is 45.8. The van der Waals surface area contributed by atoms with Crippen molar-refractivity contribution in [2.45, 2.75) is 60.8 Å². The largest absolute Gasteiger partial charge is 0.472 e. The summed E-state index contributed by atoms with van der Waals surface area (Å²) in [7, 11) is 0. The van der Waals surface area contributed by atoms with Gasteiger partial charge in [-0.1, -0.05) is 178 Å². The highest BCUT2D eigenvalue weighted by molar-refractivity contribution is 6.09. The van der Waals surface area contributed by atoms with Gasteiger partial charge in [-0.05, 0) is 111 Å². The summed E-state index contributed by atoms with van der Waals surface area (Å²) < 4.78 is 22.4. The highest BCUT2D eigenvalue weighted by Gasteiger charge is 2.20. The van der Waals surface area contributed by atoms with Crippen LogP contribution in [0.2, 0.25) is 0 Å². The minimum Gasteiger partial charge on any atom is -0.472 e. The van der Waals surface area contributed by atoms with Crippen molar-refractivity contribution in [2.24, 2.45) is 0 Å². The van der Waals surface area contributed by atoms with Crippen molar-refractivity contribution in [2.75, 3.05) is 21.7 Å². The number of furan rings is 1. The van der Waals surface area contributed by atoms with Gasteiger partial charge in [-0.3, -0.25) is 33.1 Å². The van der Waals surface area contributed by atoms with E-state index in [1.54, 1.807) is 13.0 Å². The van der Waals surface area contributed by atoms with Crippen LogP contribution in [0, 0.1) is 34.6 Å². The summed E-state index contributed by atoms with van der Waals surface area (Å²) in [5.74, 6) is 1.43. The minimum absolute atomic E-state index is 0.150. The van der Waals surface area contributed by atoms with Crippen LogP contribution in [0.5, 0.6) is 0 Å². The smallest absolute Gasteiger partial charge is 0.295 e. The standard InChI is InChI=1S/C20H18N4O2.C20H17N3O2.C19H16N4O2.C15H15N3/c1-13-7-9-15(10-8-13)11-24-18-6-4-3-5-16(18)19(22-24)21-20(25)17-12-26-23-14(17)2;1-14-6-8-15(9-7-14)12-23-18-5-3-2-4-17(18)19(22-23)21-20(24)16-10-11-25-13-16;1-13-6-8-14(9-7-13)12-23-16-5-3-2-4-15(16)18(22-23)21-19(24)17-10-11-20-25-17;1-11-6-8-12(9-7-11)10-18-14-5-3-2-4-13(14)15(16)17-18/h3-10,12H,11H2,1-2H3,(H,21,22,25);2-11,13H,12H2,1H3,(H,21,22,24);2-11H,12H2,1H3,(H,21,22,24);2-9H,10H2,1H3,(H2,16,17). The van der Waals surface area contributed by atoms with Crippen molar-refractivity contribution in [1.29, 1.82) is 0 Å². The summed E-state index contributed by atoms with van der Waals surface area (Å²) in [6, 6.07) is 68.2. The second-order valence-corrected chi connectivity index (χ2v) is 22.6. The molecule has 0 spiro atoms. The number of fused-ring (bicyclic) bond motifs is 4. The van der Waals surface area contributed by atoms with E-state index in [4.69, 9.17) is 19.2 Å². The van der Waals surface area contributed by atoms with Gasteiger partial charge in [0.25, 0.3) is 17.7 Å². The number of nitrogen functional groups attached to an aromatic ring is 1. The number of hydrogen-bond donors (Lipinski definition) is 4. The Labute approximate surface area is 540 Å². The average Bonchev–Trinajstić information content (AvgIpc) is 1.70. The first kappa shape index (κ1) is 61.8. The van der Waals surface area contributed by atoms with Gasteiger partial charge in [0.2, 0.25) is 5.76 Å². The molecule has 15 aromatic rings. The number of benzene rings is 8. The topological polar surface area (TPSA) is 250 Å². The van der Waals surface area contributed by atoms with Gasteiger partial charge in [-0.25, -0.2) is 0 Å². The van der Waals surface area contributed by atoms with E-state index in [-0.39, 0.29) is 23.5 Å². The molecule has 0 radical (unpaired) electrons. The maximum absolute atomic E-state index is 12.5. The molecule has 0 saturated heterocycles. The minimum atomic E-state index is -0.372. The second-order valence-electron chi connectivity index (χ2n) is 22.6. The Morgan fingerprint density at radius 2 is 0.787 bits per heavy atom. The van der Waals surface area contributed by atoms with Crippen molar-refractivity contribution in [1.82, 2.24) is 49.4 Å². The number of carbonyl (C=O) groups excluding carboxylic acids is 3. The zero-order chi connectivity index (χ0) is 65.1. The molecule has 94 heavy (non-hydrogen) atoms. The molecular weight excluding hydrogens is 1180 g/mol. The van der Waals surface area contributed by atoms with Gasteiger partial charge in [0, 0.05) is 27.6 Å². The monoisotopic (exact) mass is 1250 g/mol. The molecule has 3 amide bonds. The molecule has 468 valence electrons. The molecule has 0 fully saturated rings. The first-order valence-corrected chi connectivity index (χ1v) is 30.3. The van der Waals surface area contributed by atoms with E-state index in [0.717, 1.165) is 66.8 Å². The third-order valence-corrected chi connectivity index (χ3v) is 15.6. The molecule has 5 N–H and O–H groups in total. The lowest BCUT2D eigenvalue weighted by Gasteiger charge is -2.04. The zero-order valence-corrected chi connectivity index (χ0v) is 52.3. The Kier molecular flexibility index (Phi) is 18.5. The van der Waals surface area contributed by atoms with Crippen LogP contribution in [0.4, 0.5) is 23.3 Å². The Morgan fingerprint density at radius 3 is 1.16 bits per heavy atom. The van der Waals surface area contributed by atoms with E-state index in [2.05, 4.69) is 171 Å². The number of nitrogens with zero attached hydrogens (tertiary/aromatic N) is 10. The predicted octanol–water partition coefficient (Wildman–Crippen LogP) is 14.8. The van der Waals surface area contributed by atoms with Crippen LogP contribution in [0.1, 0.15) is 81.5 Å². The first-order valence-electron chi connectivity index (χ1n) is 30.3. The number of carbonyl (C=O) groups is 3. The molecule has 20 nitrogen and oxygen atoms in total. The van der Waals surface area contributed by atoms with Crippen molar-refractivity contribution in [3.8, 4) is 0 Å². The van der Waals surface area contributed by atoms with E-state index in [9.17, 15) is 14.4 Å². The van der Waals surface area contributed by atoms with E-state index in [0.29, 0.717) is 59.7 Å². The van der Waals surface area contributed by atoms with Gasteiger partial charge >= 0.3 is 0 Å². The van der Waals surface area contributed by atoms with Crippen LogP contribution in [0.25, 0.3) is 43.6 Å². The number of aromatic nitrogens is 10. The molecule has 0 aliphatic rings. The van der Waals surface area contributed by atoms with Gasteiger partial charge in [0.05, 0.1) is 72.0 Å². The molecule has 0 unspecified atom stereocenters. The summed E-state index contributed by atoms with van der Waals surface area (Å²) in [6.07, 6.45) is 5.67. The van der Waals surface area contributed by atoms with Crippen molar-refractivity contribution in [3.63, 3.8) is 0 Å². The van der Waals surface area contributed by atoms with Crippen LogP contribution < -0.4 is 21.7 Å². The number of hydrogen-bond acceptors (Lipinski definition) is 13. The molecule has 7 aromatic heterocycles. The summed E-state index contributed by atoms with van der Waals surface area (Å²) >= 11 is 0. The maximum Gasteiger partial charge on any atom is 0.295 e. The van der Waals surface area contributed by atoms with Crippen molar-refractivity contribution in [3.05, 3.63) is 298 Å². The van der Waals surface area contributed by atoms with Crippen LogP contribution >= 0.6 is 0 Å².